The molecule has 0 unspecified atom stereocenters. The van der Waals surface area contributed by atoms with Gasteiger partial charge in [0.1, 0.15) is 59.8 Å². The number of aliphatic hydroxyl groups excluding tert-OH is 6. The molecule has 0 radical (unpaired) electrons. The highest BCUT2D eigenvalue weighted by Gasteiger charge is 2.38. The zero-order valence-electron chi connectivity index (χ0n) is 59.0. The summed E-state index contributed by atoms with van der Waals surface area (Å²) in [6, 6.07) is 6.55. The Hall–Kier alpha value is -6.76. The van der Waals surface area contributed by atoms with Gasteiger partial charge in [0.15, 0.2) is 0 Å². The maximum atomic E-state index is 13.4. The van der Waals surface area contributed by atoms with Gasteiger partial charge in [-0.2, -0.15) is 0 Å². The number of carbonyl (C=O) groups excluding carboxylic acids is 4. The number of esters is 4. The zero-order valence-corrected chi connectivity index (χ0v) is 59.0. The van der Waals surface area contributed by atoms with Crippen LogP contribution >= 0.6 is 0 Å². The highest BCUT2D eigenvalue weighted by Crippen LogP contribution is 2.22. The topological polar surface area (TPSA) is 420 Å². The molecule has 32 heteroatoms. The predicted octanol–water partition coefficient (Wildman–Crippen LogP) is -1.25. The molecule has 0 aliphatic carbocycles. The molecule has 8 atom stereocenters. The normalized spacial score (nSPS) is 18.5. The average Bonchev–Trinajstić information content (AvgIpc) is 0.852. The molecule has 0 bridgehead atoms. The van der Waals surface area contributed by atoms with Crippen LogP contribution in [0.15, 0.2) is 48.5 Å². The predicted molar refractivity (Wildman–Crippen MR) is 364 cm³/mol. The van der Waals surface area contributed by atoms with E-state index in [1.54, 1.807) is 19.6 Å². The van der Waals surface area contributed by atoms with Crippen molar-refractivity contribution in [2.24, 2.45) is 0 Å². The highest BCUT2D eigenvalue weighted by molar-refractivity contribution is 5.78. The molecule has 2 aromatic rings. The standard InChI is InChI=1S/C36H60N4O12.C32H52N4O12/c1-6-7-22-52-28-12-8-10-27(23-28)11-9-13-29(33(44)48-2)37-14-16-38(30(24-41)34(45)49-3)18-20-40(32(26-43)36(47)51-5)21-19-39(17-15-37)31(25-42)35(46)50-4;1-2-3-18-48-24-8-4-6-23(19-24)7-5-9-25(29(40)41)33-10-12-34(26(20-37)30(42)43)14-16-36(28(22-39)32(46)47)17-15-35(13-11-33)27(21-38)31(44)45/h8,10,12,23,29-32,41-43H,6-7,9,11,13-22,24-26H2,1-5H3;4,6,8,19,25-28,37-39H,2-3,5,7,9-18,20-22H2,1H3,(H,40,41)(H,42,43)(H,44,45)(H,46,47)/t29-,30-,31-,32-;25-,26-,27-,28-/m00/s1. The number of aryl methyl sites for hydroxylation is 2. The summed E-state index contributed by atoms with van der Waals surface area (Å²) < 4.78 is 31.8. The number of ether oxygens (including phenoxy) is 6. The van der Waals surface area contributed by atoms with Gasteiger partial charge in [-0.15, -0.1) is 0 Å². The van der Waals surface area contributed by atoms with Crippen molar-refractivity contribution in [3.63, 3.8) is 0 Å². The van der Waals surface area contributed by atoms with Gasteiger partial charge in [-0.05, 0) is 86.8 Å². The largest absolute Gasteiger partial charge is 0.494 e. The summed E-state index contributed by atoms with van der Waals surface area (Å²) in [4.78, 5) is 113. The van der Waals surface area contributed by atoms with Crippen LogP contribution in [0, 0.1) is 0 Å². The number of hydrogen-bond donors (Lipinski definition) is 10. The van der Waals surface area contributed by atoms with Crippen LogP contribution in [-0.2, 0) is 70.1 Å². The van der Waals surface area contributed by atoms with Gasteiger partial charge in [0.05, 0.1) is 81.3 Å². The molecule has 0 amide bonds. The van der Waals surface area contributed by atoms with Gasteiger partial charge in [-0.1, -0.05) is 51.0 Å². The van der Waals surface area contributed by atoms with Crippen molar-refractivity contribution in [3.8, 4) is 11.5 Å². The van der Waals surface area contributed by atoms with E-state index in [1.165, 1.54) is 43.1 Å². The fourth-order valence-electron chi connectivity index (χ4n) is 12.2. The van der Waals surface area contributed by atoms with Gasteiger partial charge in [-0.3, -0.25) is 77.6 Å². The number of rotatable bonds is 38. The smallest absolute Gasteiger partial charge is 0.325 e. The summed E-state index contributed by atoms with van der Waals surface area (Å²) in [7, 11) is 5.00. The lowest BCUT2D eigenvalue weighted by molar-refractivity contribution is -0.153. The SMILES string of the molecule is CCCCOc1cccc(CCC[C@@H](C(=O)O)N2CCN([C@@H](CO)C(=O)O)CCN([C@@H](CO)C(=O)O)CCN([C@@H](CO)C(=O)O)CC2)c1.CCCCOc1cccc(CCC[C@@H](C(=O)OC)N2CCN([C@@H](CO)C(=O)OC)CCN([C@@H](CO)C(=O)OC)CCN([C@@H](CO)C(=O)OC)CC2)c1. The van der Waals surface area contributed by atoms with Crippen molar-refractivity contribution < 1.29 is 118 Å². The lowest BCUT2D eigenvalue weighted by Crippen LogP contribution is -2.57. The van der Waals surface area contributed by atoms with Crippen molar-refractivity contribution in [3.05, 3.63) is 59.7 Å². The molecule has 2 heterocycles. The summed E-state index contributed by atoms with van der Waals surface area (Å²) >= 11 is 0. The Kier molecular flexibility index (Phi) is 42.8. The van der Waals surface area contributed by atoms with Crippen molar-refractivity contribution in [2.45, 2.75) is 126 Å². The third-order valence-corrected chi connectivity index (χ3v) is 18.2. The van der Waals surface area contributed by atoms with Crippen LogP contribution in [0.4, 0.5) is 0 Å². The summed E-state index contributed by atoms with van der Waals surface area (Å²) in [5, 5.41) is 100. The van der Waals surface area contributed by atoms with E-state index in [9.17, 15) is 89.4 Å². The molecule has 0 saturated carbocycles. The molecule has 0 spiro atoms. The number of hydrogen-bond acceptors (Lipinski definition) is 28. The van der Waals surface area contributed by atoms with Gasteiger partial charge >= 0.3 is 47.8 Å². The van der Waals surface area contributed by atoms with E-state index < -0.39 is 136 Å². The second-order valence-corrected chi connectivity index (χ2v) is 24.4. The molecular weight excluding hydrogens is 1310 g/mol. The second-order valence-electron chi connectivity index (χ2n) is 24.4. The van der Waals surface area contributed by atoms with Crippen LogP contribution in [0.25, 0.3) is 0 Å². The Morgan fingerprint density at radius 3 is 0.810 bits per heavy atom. The minimum Gasteiger partial charge on any atom is -0.494 e. The number of methoxy groups -OCH3 is 4. The van der Waals surface area contributed by atoms with Gasteiger partial charge in [-0.25, -0.2) is 0 Å². The van der Waals surface area contributed by atoms with Gasteiger partial charge in [0.2, 0.25) is 0 Å². The molecule has 2 fully saturated rings. The third-order valence-electron chi connectivity index (χ3n) is 18.2. The van der Waals surface area contributed by atoms with Crippen LogP contribution in [0.2, 0.25) is 0 Å². The minimum absolute atomic E-state index is 0.00842. The minimum atomic E-state index is -1.37. The Morgan fingerprint density at radius 1 is 0.340 bits per heavy atom. The van der Waals surface area contributed by atoms with Gasteiger partial charge in [0.25, 0.3) is 0 Å². The number of nitrogens with zero attached hydrogens (tertiary/aromatic N) is 8. The van der Waals surface area contributed by atoms with E-state index in [1.807, 2.05) is 53.4 Å². The van der Waals surface area contributed by atoms with E-state index in [2.05, 4.69) is 13.8 Å². The first-order valence-corrected chi connectivity index (χ1v) is 34.3. The first-order chi connectivity index (χ1) is 48.1. The molecule has 2 aliphatic heterocycles. The maximum absolute atomic E-state index is 13.4. The molecule has 32 nitrogen and oxygen atoms in total. The molecule has 568 valence electrons. The lowest BCUT2D eigenvalue weighted by Gasteiger charge is -2.39. The summed E-state index contributed by atoms with van der Waals surface area (Å²) in [6.45, 7) is 2.83. The molecule has 4 rings (SSSR count). The summed E-state index contributed by atoms with van der Waals surface area (Å²) in [5.74, 6) is -5.96. The average molecular weight is 1430 g/mol. The van der Waals surface area contributed by atoms with E-state index in [4.69, 9.17) is 28.4 Å². The Bertz CT molecular complexity index is 2660. The Morgan fingerprint density at radius 2 is 0.570 bits per heavy atom. The maximum Gasteiger partial charge on any atom is 0.325 e. The van der Waals surface area contributed by atoms with Crippen LogP contribution in [0.1, 0.15) is 76.3 Å². The quantitative estimate of drug-likeness (QED) is 0.0213. The number of carboxylic acid groups (broad SMARTS) is 4. The van der Waals surface area contributed by atoms with Crippen molar-refractivity contribution in [1.29, 1.82) is 0 Å². The van der Waals surface area contributed by atoms with Crippen molar-refractivity contribution in [2.75, 3.05) is 186 Å². The molecule has 2 aliphatic rings. The first kappa shape index (κ1) is 87.5. The van der Waals surface area contributed by atoms with Crippen LogP contribution in [0.5, 0.6) is 11.5 Å². The molecular formula is C68H112N8O24. The van der Waals surface area contributed by atoms with Crippen molar-refractivity contribution in [1.82, 2.24) is 39.2 Å². The summed E-state index contributed by atoms with van der Waals surface area (Å²) in [6.07, 6.45) is 6.96. The molecule has 2 saturated heterocycles. The zero-order chi connectivity index (χ0) is 74.1. The molecule has 2 aromatic carbocycles. The fourth-order valence-corrected chi connectivity index (χ4v) is 12.2. The van der Waals surface area contributed by atoms with E-state index in [-0.39, 0.29) is 111 Å². The molecule has 10 N–H and O–H groups in total. The van der Waals surface area contributed by atoms with Gasteiger partial charge in [0, 0.05) is 105 Å². The number of carboxylic acids is 4. The number of unbranched alkanes of at least 4 members (excludes halogenated alkanes) is 2. The number of aliphatic carboxylic acids is 4. The number of aliphatic hydroxyl groups is 6. The summed E-state index contributed by atoms with van der Waals surface area (Å²) in [5.41, 5.74) is 2.04. The Balaban J connectivity index is 0.000000522. The fraction of sp³-hybridized carbons (Fsp3) is 0.706. The monoisotopic (exact) mass is 1420 g/mol. The van der Waals surface area contributed by atoms with Crippen LogP contribution < -0.4 is 9.47 Å². The van der Waals surface area contributed by atoms with Crippen LogP contribution in [0.3, 0.4) is 0 Å². The number of carbonyl (C=O) groups is 8. The lowest BCUT2D eigenvalue weighted by atomic mass is 10.0. The van der Waals surface area contributed by atoms with E-state index in [0.717, 1.165) is 48.3 Å². The second kappa shape index (κ2) is 49.0. The van der Waals surface area contributed by atoms with E-state index in [0.29, 0.717) is 45.3 Å². The first-order valence-electron chi connectivity index (χ1n) is 34.3. The highest BCUT2D eigenvalue weighted by atomic mass is 16.5. The molecule has 0 aromatic heterocycles. The number of benzene rings is 2. The van der Waals surface area contributed by atoms with Gasteiger partial charge < -0.3 is 79.5 Å². The van der Waals surface area contributed by atoms with E-state index >= 15 is 0 Å². The van der Waals surface area contributed by atoms with Crippen molar-refractivity contribution >= 4 is 47.8 Å². The Labute approximate surface area is 586 Å². The third kappa shape index (κ3) is 29.3. The van der Waals surface area contributed by atoms with Crippen LogP contribution in [-0.4, -0.2) is 372 Å². The molecule has 100 heavy (non-hydrogen) atoms.